The molecule has 126 valence electrons. The lowest BCUT2D eigenvalue weighted by molar-refractivity contribution is -0.130. The van der Waals surface area contributed by atoms with Crippen LogP contribution in [0.2, 0.25) is 0 Å². The molecule has 0 atom stereocenters. The molecule has 3 rings (SSSR count). The van der Waals surface area contributed by atoms with Crippen LogP contribution in [0.5, 0.6) is 5.75 Å². The number of rotatable bonds is 2. The van der Waals surface area contributed by atoms with Crippen LogP contribution in [0, 0.1) is 0 Å². The third-order valence-corrected chi connectivity index (χ3v) is 4.34. The first-order valence-electron chi connectivity index (χ1n) is 7.76. The molecule has 0 saturated carbocycles. The number of para-hydroxylation sites is 1. The molecule has 24 heavy (non-hydrogen) atoms. The van der Waals surface area contributed by atoms with Crippen LogP contribution in [-0.4, -0.2) is 59.9 Å². The molecule has 2 heterocycles. The molecule has 0 unspecified atom stereocenters. The zero-order valence-corrected chi connectivity index (χ0v) is 13.7. The highest BCUT2D eigenvalue weighted by molar-refractivity contribution is 5.98. The van der Waals surface area contributed by atoms with Gasteiger partial charge >= 0.3 is 0 Å². The van der Waals surface area contributed by atoms with Gasteiger partial charge in [-0.25, -0.2) is 0 Å². The molecule has 2 amide bonds. The monoisotopic (exact) mass is 329 g/mol. The van der Waals surface area contributed by atoms with Gasteiger partial charge in [-0.05, 0) is 12.1 Å². The zero-order chi connectivity index (χ0) is 17.3. The van der Waals surface area contributed by atoms with E-state index in [4.69, 9.17) is 4.74 Å². The smallest absolute Gasteiger partial charge is 0.259 e. The topological polar surface area (TPSA) is 82.7 Å². The number of pyridine rings is 1. The molecule has 0 spiro atoms. The first kappa shape index (κ1) is 16.0. The summed E-state index contributed by atoms with van der Waals surface area (Å²) in [5.74, 6) is 0.237. The Hall–Kier alpha value is -2.83. The van der Waals surface area contributed by atoms with Crippen LogP contribution in [-0.2, 0) is 4.79 Å². The number of aromatic nitrogens is 1. The number of carbonyl (C=O) groups excluding carboxylic acids is 2. The van der Waals surface area contributed by atoms with Crippen LogP contribution in [0.1, 0.15) is 17.3 Å². The van der Waals surface area contributed by atoms with E-state index in [9.17, 15) is 14.4 Å². The van der Waals surface area contributed by atoms with Gasteiger partial charge in [0.25, 0.3) is 5.91 Å². The molecule has 1 N–H and O–H groups in total. The highest BCUT2D eigenvalue weighted by Crippen LogP contribution is 2.21. The Morgan fingerprint density at radius 2 is 1.79 bits per heavy atom. The van der Waals surface area contributed by atoms with Gasteiger partial charge < -0.3 is 19.5 Å². The molecule has 1 aliphatic heterocycles. The average molecular weight is 329 g/mol. The van der Waals surface area contributed by atoms with Gasteiger partial charge in [-0.2, -0.15) is 0 Å². The maximum atomic E-state index is 12.7. The number of piperazine rings is 1. The predicted molar refractivity (Wildman–Crippen MR) is 89.3 cm³/mol. The van der Waals surface area contributed by atoms with Crippen molar-refractivity contribution in [1.82, 2.24) is 14.8 Å². The Bertz CT molecular complexity index is 851. The van der Waals surface area contributed by atoms with Gasteiger partial charge in [-0.3, -0.25) is 14.4 Å². The number of benzene rings is 1. The van der Waals surface area contributed by atoms with Gasteiger partial charge in [0.15, 0.2) is 0 Å². The second-order valence-corrected chi connectivity index (χ2v) is 5.71. The van der Waals surface area contributed by atoms with Crippen LogP contribution in [0.15, 0.2) is 29.2 Å². The Morgan fingerprint density at radius 1 is 1.12 bits per heavy atom. The molecule has 1 aliphatic rings. The van der Waals surface area contributed by atoms with E-state index in [2.05, 4.69) is 4.98 Å². The first-order chi connectivity index (χ1) is 11.5. The van der Waals surface area contributed by atoms with Crippen molar-refractivity contribution in [3.8, 4) is 5.75 Å². The van der Waals surface area contributed by atoms with Crippen molar-refractivity contribution >= 4 is 22.7 Å². The van der Waals surface area contributed by atoms with E-state index >= 15 is 0 Å². The zero-order valence-electron chi connectivity index (χ0n) is 13.7. The molecular formula is C17H19N3O4. The Labute approximate surface area is 138 Å². The maximum absolute atomic E-state index is 12.7. The number of amides is 2. The van der Waals surface area contributed by atoms with E-state index < -0.39 is 0 Å². The van der Waals surface area contributed by atoms with E-state index in [1.54, 1.807) is 28.0 Å². The number of nitrogens with zero attached hydrogens (tertiary/aromatic N) is 2. The lowest BCUT2D eigenvalue weighted by Gasteiger charge is -2.34. The third kappa shape index (κ3) is 2.73. The number of ether oxygens (including phenoxy) is 1. The van der Waals surface area contributed by atoms with Gasteiger partial charge in [0, 0.05) is 39.3 Å². The SMILES string of the molecule is COc1cccc2c(=O)c(C(=O)N3CCN(C(C)=O)CC3)c[nH]c12. The van der Waals surface area contributed by atoms with Gasteiger partial charge in [0.1, 0.15) is 11.3 Å². The molecule has 7 nitrogen and oxygen atoms in total. The van der Waals surface area contributed by atoms with Crippen molar-refractivity contribution in [2.75, 3.05) is 33.3 Å². The normalized spacial score (nSPS) is 14.8. The average Bonchev–Trinajstić information content (AvgIpc) is 2.61. The number of hydrogen-bond acceptors (Lipinski definition) is 4. The van der Waals surface area contributed by atoms with Crippen molar-refractivity contribution in [1.29, 1.82) is 0 Å². The summed E-state index contributed by atoms with van der Waals surface area (Å²) in [7, 11) is 1.53. The van der Waals surface area contributed by atoms with Crippen LogP contribution >= 0.6 is 0 Å². The number of aromatic amines is 1. The minimum atomic E-state index is -0.318. The highest BCUT2D eigenvalue weighted by Gasteiger charge is 2.25. The van der Waals surface area contributed by atoms with Crippen molar-refractivity contribution in [3.63, 3.8) is 0 Å². The maximum Gasteiger partial charge on any atom is 0.259 e. The van der Waals surface area contributed by atoms with Crippen molar-refractivity contribution in [3.05, 3.63) is 40.2 Å². The molecule has 1 fully saturated rings. The fourth-order valence-electron chi connectivity index (χ4n) is 2.95. The largest absolute Gasteiger partial charge is 0.495 e. The number of hydrogen-bond donors (Lipinski definition) is 1. The van der Waals surface area contributed by atoms with E-state index in [0.29, 0.717) is 42.8 Å². The summed E-state index contributed by atoms with van der Waals surface area (Å²) >= 11 is 0. The van der Waals surface area contributed by atoms with Gasteiger partial charge in [-0.1, -0.05) is 6.07 Å². The lowest BCUT2D eigenvalue weighted by Crippen LogP contribution is -2.50. The summed E-state index contributed by atoms with van der Waals surface area (Å²) in [5, 5.41) is 0.419. The third-order valence-electron chi connectivity index (χ3n) is 4.34. The minimum absolute atomic E-state index is 0.00209. The van der Waals surface area contributed by atoms with Crippen molar-refractivity contribution in [2.45, 2.75) is 6.92 Å². The summed E-state index contributed by atoms with van der Waals surface area (Å²) in [6, 6.07) is 5.14. The summed E-state index contributed by atoms with van der Waals surface area (Å²) < 4.78 is 5.23. The molecular weight excluding hydrogens is 310 g/mol. The molecule has 1 saturated heterocycles. The standard InChI is InChI=1S/C17H19N3O4/c1-11(21)19-6-8-20(9-7-19)17(23)13-10-18-15-12(16(13)22)4-3-5-14(15)24-2/h3-5,10H,6-9H2,1-2H3,(H,18,22). The molecule has 0 radical (unpaired) electrons. The van der Waals surface area contributed by atoms with Gasteiger partial charge in [-0.15, -0.1) is 0 Å². The molecule has 0 aliphatic carbocycles. The summed E-state index contributed by atoms with van der Waals surface area (Å²) in [6.07, 6.45) is 1.44. The van der Waals surface area contributed by atoms with Crippen LogP contribution < -0.4 is 10.2 Å². The van der Waals surface area contributed by atoms with Crippen molar-refractivity contribution < 1.29 is 14.3 Å². The fraction of sp³-hybridized carbons (Fsp3) is 0.353. The summed E-state index contributed by atoms with van der Waals surface area (Å²) in [4.78, 5) is 43.0. The Balaban J connectivity index is 1.90. The second-order valence-electron chi connectivity index (χ2n) is 5.71. The molecule has 1 aromatic heterocycles. The predicted octanol–water partition coefficient (Wildman–Crippen LogP) is 0.841. The van der Waals surface area contributed by atoms with E-state index in [1.807, 2.05) is 0 Å². The quantitative estimate of drug-likeness (QED) is 0.885. The highest BCUT2D eigenvalue weighted by atomic mass is 16.5. The van der Waals surface area contributed by atoms with Gasteiger partial charge in [0.2, 0.25) is 11.3 Å². The molecule has 0 bridgehead atoms. The van der Waals surface area contributed by atoms with Crippen LogP contribution in [0.25, 0.3) is 10.9 Å². The van der Waals surface area contributed by atoms with E-state index in [1.165, 1.54) is 20.2 Å². The van der Waals surface area contributed by atoms with Crippen LogP contribution in [0.3, 0.4) is 0 Å². The molecule has 7 heteroatoms. The molecule has 2 aromatic rings. The number of carbonyl (C=O) groups is 2. The van der Waals surface area contributed by atoms with Gasteiger partial charge in [0.05, 0.1) is 18.0 Å². The minimum Gasteiger partial charge on any atom is -0.495 e. The van der Waals surface area contributed by atoms with E-state index in [0.717, 1.165) is 0 Å². The number of H-pyrrole nitrogens is 1. The second kappa shape index (κ2) is 6.35. The first-order valence-corrected chi connectivity index (χ1v) is 7.76. The van der Waals surface area contributed by atoms with Crippen LogP contribution in [0.4, 0.5) is 0 Å². The number of fused-ring (bicyclic) bond motifs is 1. The lowest BCUT2D eigenvalue weighted by atomic mass is 10.1. The van der Waals surface area contributed by atoms with Crippen molar-refractivity contribution in [2.24, 2.45) is 0 Å². The number of methoxy groups -OCH3 is 1. The Kier molecular flexibility index (Phi) is 4.24. The van der Waals surface area contributed by atoms with E-state index in [-0.39, 0.29) is 22.8 Å². The molecule has 1 aromatic carbocycles. The summed E-state index contributed by atoms with van der Waals surface area (Å²) in [5.41, 5.74) is 0.358. The summed E-state index contributed by atoms with van der Waals surface area (Å²) in [6.45, 7) is 3.33. The fourth-order valence-corrected chi connectivity index (χ4v) is 2.95. The Morgan fingerprint density at radius 3 is 2.42 bits per heavy atom. The number of nitrogens with one attached hydrogen (secondary N) is 1.